The van der Waals surface area contributed by atoms with Gasteiger partial charge in [-0.15, -0.1) is 15.9 Å². The number of anilines is 2. The van der Waals surface area contributed by atoms with Gasteiger partial charge >= 0.3 is 12.2 Å². The molecule has 3 aromatic carbocycles. The summed E-state index contributed by atoms with van der Waals surface area (Å²) in [5, 5.41) is 16.6. The summed E-state index contributed by atoms with van der Waals surface area (Å²) in [5.74, 6) is 2.64. The maximum atomic E-state index is 9.68. The van der Waals surface area contributed by atoms with Crippen LogP contribution in [0.1, 0.15) is 16.3 Å². The van der Waals surface area contributed by atoms with Crippen molar-refractivity contribution in [2.75, 3.05) is 5.32 Å². The number of pyridine rings is 1. The molecule has 0 bridgehead atoms. The Balaban J connectivity index is 1.21. The normalized spacial score (nSPS) is 11.5. The lowest BCUT2D eigenvalue weighted by Gasteiger charge is -2.13. The van der Waals surface area contributed by atoms with Crippen molar-refractivity contribution in [2.45, 2.75) is 20.4 Å². The van der Waals surface area contributed by atoms with E-state index in [1.54, 1.807) is 18.3 Å². The summed E-state index contributed by atoms with van der Waals surface area (Å²) in [6.45, 7) is 4.11. The van der Waals surface area contributed by atoms with E-state index in [0.29, 0.717) is 22.3 Å². The molecule has 3 N–H and O–H groups in total. The average molecular weight is 600 g/mol. The Hall–Kier alpha value is -5.86. The number of amidine groups is 1. The minimum atomic E-state index is -0.0176. The molecule has 44 heavy (non-hydrogen) atoms. The second kappa shape index (κ2) is 12.6. The van der Waals surface area contributed by atoms with Gasteiger partial charge < -0.3 is 14.8 Å². The van der Waals surface area contributed by atoms with E-state index in [9.17, 15) is 5.26 Å². The number of hydrogen-bond acceptors (Lipinski definition) is 9. The molecule has 6 rings (SSSR count). The highest BCUT2D eigenvalue weighted by atomic mass is 32.1. The molecule has 0 amide bonds. The lowest BCUT2D eigenvalue weighted by molar-refractivity contribution is -0.465. The third-order valence-corrected chi connectivity index (χ3v) is 7.51. The molecular weight excluding hydrogens is 572 g/mol. The average Bonchev–Trinajstić information content (AvgIpc) is 3.51. The maximum absolute atomic E-state index is 9.68. The molecule has 0 unspecified atom stereocenters. The summed E-state index contributed by atoms with van der Waals surface area (Å²) < 4.78 is 12.9. The Bertz CT molecular complexity index is 2020. The third-order valence-electron chi connectivity index (χ3n) is 6.68. The number of rotatable bonds is 8. The topological polar surface area (TPSA) is 135 Å². The Morgan fingerprint density at radius 1 is 0.977 bits per heavy atom. The van der Waals surface area contributed by atoms with Crippen molar-refractivity contribution in [2.24, 2.45) is 5.73 Å². The smallest absolute Gasteiger partial charge is 0.404 e. The molecule has 3 heterocycles. The van der Waals surface area contributed by atoms with Crippen molar-refractivity contribution >= 4 is 39.8 Å². The fourth-order valence-corrected chi connectivity index (χ4v) is 5.20. The number of nitriles is 1. The predicted octanol–water partition coefficient (Wildman–Crippen LogP) is 6.69. The molecule has 0 aliphatic carbocycles. The van der Waals surface area contributed by atoms with Crippen LogP contribution in [0, 0.1) is 25.3 Å². The summed E-state index contributed by atoms with van der Waals surface area (Å²) in [6, 6.07) is 24.7. The van der Waals surface area contributed by atoms with E-state index in [2.05, 4.69) is 26.5 Å². The largest absolute Gasteiger partial charge is 0.455 e. The van der Waals surface area contributed by atoms with E-state index in [-0.39, 0.29) is 12.6 Å². The van der Waals surface area contributed by atoms with Crippen molar-refractivity contribution < 1.29 is 14.0 Å². The van der Waals surface area contributed by atoms with Crippen molar-refractivity contribution in [1.29, 1.82) is 5.26 Å². The number of fused-ring (bicyclic) bond motifs is 1. The Morgan fingerprint density at radius 3 is 2.61 bits per heavy atom. The summed E-state index contributed by atoms with van der Waals surface area (Å²) in [5.41, 5.74) is 11.3. The number of ether oxygens (including phenoxy) is 2. The van der Waals surface area contributed by atoms with Crippen LogP contribution in [0.15, 0.2) is 96.8 Å². The molecule has 0 aliphatic heterocycles. The first-order chi connectivity index (χ1) is 21.4. The fraction of sp³-hybridized carbons (Fsp3) is 0.0909. The van der Waals surface area contributed by atoms with Gasteiger partial charge in [-0.2, -0.15) is 0 Å². The SMILES string of the molecule is Cc1ccc(Oc2ccc(Nc3ncnc4ccc(-c5csc(C[N+](C#N)=C(N)Oc6ccccc6)n5)cc34)cc2C)cn1. The van der Waals surface area contributed by atoms with Gasteiger partial charge in [0.15, 0.2) is 0 Å². The molecule has 0 saturated heterocycles. The standard InChI is InChI=1S/C33H26N8O2S/c1-21-14-24(10-13-30(21)42-26-11-8-22(2)36-16-26)39-32-27-15-23(9-12-28(27)37-20-38-32)29-18-44-31(40-29)17-41(19-34)33(35)43-25-6-4-3-5-7-25/h3-16,18,20,35H,17H2,1-2H3,(H,37,38,39)/p+1. The fourth-order valence-electron chi connectivity index (χ4n) is 4.41. The number of para-hydroxylation sites is 1. The van der Waals surface area contributed by atoms with Crippen molar-refractivity contribution in [1.82, 2.24) is 19.9 Å². The molecule has 0 atom stereocenters. The Kier molecular flexibility index (Phi) is 8.07. The monoisotopic (exact) mass is 599 g/mol. The number of thiazole rings is 1. The van der Waals surface area contributed by atoms with E-state index < -0.39 is 0 Å². The zero-order valence-electron chi connectivity index (χ0n) is 23.9. The molecule has 3 aromatic heterocycles. The Labute approximate surface area is 257 Å². The molecule has 0 fully saturated rings. The second-order valence-electron chi connectivity index (χ2n) is 9.86. The van der Waals surface area contributed by atoms with Crippen LogP contribution in [0.25, 0.3) is 22.2 Å². The van der Waals surface area contributed by atoms with Crippen LogP contribution < -0.4 is 20.5 Å². The zero-order chi connectivity index (χ0) is 30.5. The van der Waals surface area contributed by atoms with E-state index in [0.717, 1.165) is 44.9 Å². The van der Waals surface area contributed by atoms with Gasteiger partial charge in [-0.3, -0.25) is 10.7 Å². The van der Waals surface area contributed by atoms with Gasteiger partial charge in [0.25, 0.3) is 0 Å². The van der Waals surface area contributed by atoms with E-state index in [1.807, 2.05) is 86.0 Å². The predicted molar refractivity (Wildman–Crippen MR) is 170 cm³/mol. The lowest BCUT2D eigenvalue weighted by atomic mass is 10.1. The first-order valence-corrected chi connectivity index (χ1v) is 14.5. The first-order valence-electron chi connectivity index (χ1n) is 13.7. The molecule has 0 spiro atoms. The Morgan fingerprint density at radius 2 is 1.84 bits per heavy atom. The van der Waals surface area contributed by atoms with Crippen molar-refractivity contribution in [3.05, 3.63) is 113 Å². The number of aromatic nitrogens is 4. The summed E-state index contributed by atoms with van der Waals surface area (Å²) in [4.78, 5) is 18.0. The molecular formula is C33H27N8O2S+. The molecule has 216 valence electrons. The van der Waals surface area contributed by atoms with Crippen LogP contribution >= 0.6 is 11.3 Å². The number of nitrogens with one attached hydrogen (secondary N) is 1. The molecule has 0 aliphatic rings. The highest BCUT2D eigenvalue weighted by Crippen LogP contribution is 2.32. The number of benzene rings is 3. The van der Waals surface area contributed by atoms with Gasteiger partial charge in [0, 0.05) is 33.0 Å². The quantitative estimate of drug-likeness (QED) is 0.0645. The molecule has 10 nitrogen and oxygen atoms in total. The van der Waals surface area contributed by atoms with Gasteiger partial charge in [0.05, 0.1) is 17.4 Å². The van der Waals surface area contributed by atoms with E-state index >= 15 is 0 Å². The van der Waals surface area contributed by atoms with Crippen LogP contribution in [-0.4, -0.2) is 30.5 Å². The molecule has 0 saturated carbocycles. The van der Waals surface area contributed by atoms with Gasteiger partial charge in [-0.1, -0.05) is 24.3 Å². The van der Waals surface area contributed by atoms with Crippen LogP contribution in [0.3, 0.4) is 0 Å². The summed E-state index contributed by atoms with van der Waals surface area (Å²) >= 11 is 1.44. The maximum Gasteiger partial charge on any atom is 0.404 e. The molecule has 6 aromatic rings. The number of aryl methyl sites for hydroxylation is 2. The first kappa shape index (κ1) is 28.3. The summed E-state index contributed by atoms with van der Waals surface area (Å²) in [7, 11) is 0. The minimum absolute atomic E-state index is 0.0176. The van der Waals surface area contributed by atoms with Gasteiger partial charge in [-0.25, -0.2) is 15.0 Å². The number of nitrogens with two attached hydrogens (primary N) is 1. The lowest BCUT2D eigenvalue weighted by Crippen LogP contribution is -2.30. The van der Waals surface area contributed by atoms with E-state index in [1.165, 1.54) is 22.2 Å². The highest BCUT2D eigenvalue weighted by molar-refractivity contribution is 7.09. The van der Waals surface area contributed by atoms with Crippen LogP contribution in [-0.2, 0) is 6.54 Å². The molecule has 0 radical (unpaired) electrons. The van der Waals surface area contributed by atoms with E-state index in [4.69, 9.17) is 20.2 Å². The summed E-state index contributed by atoms with van der Waals surface area (Å²) in [6.07, 6.45) is 5.32. The van der Waals surface area contributed by atoms with Crippen LogP contribution in [0.2, 0.25) is 0 Å². The second-order valence-corrected chi connectivity index (χ2v) is 10.8. The number of hydrogen-bond donors (Lipinski definition) is 2. The van der Waals surface area contributed by atoms with Crippen LogP contribution in [0.4, 0.5) is 11.5 Å². The number of nitrogens with zero attached hydrogens (tertiary/aromatic N) is 6. The van der Waals surface area contributed by atoms with Crippen molar-refractivity contribution in [3.63, 3.8) is 0 Å². The minimum Gasteiger partial charge on any atom is -0.455 e. The van der Waals surface area contributed by atoms with Crippen molar-refractivity contribution in [3.8, 4) is 34.7 Å². The van der Waals surface area contributed by atoms with Gasteiger partial charge in [0.1, 0.15) is 40.9 Å². The zero-order valence-corrected chi connectivity index (χ0v) is 24.7. The van der Waals surface area contributed by atoms with Gasteiger partial charge in [0.2, 0.25) is 0 Å². The van der Waals surface area contributed by atoms with Crippen LogP contribution in [0.5, 0.6) is 17.2 Å². The van der Waals surface area contributed by atoms with Gasteiger partial charge in [-0.05, 0) is 74.0 Å². The highest BCUT2D eigenvalue weighted by Gasteiger charge is 2.15. The molecule has 11 heteroatoms. The third kappa shape index (κ3) is 6.46.